The van der Waals surface area contributed by atoms with Crippen LogP contribution in [0.2, 0.25) is 0 Å². The van der Waals surface area contributed by atoms with Gasteiger partial charge in [0.15, 0.2) is 11.5 Å². The number of benzene rings is 1. The van der Waals surface area contributed by atoms with Crippen LogP contribution >= 0.6 is 0 Å². The molecule has 0 N–H and O–H groups in total. The van der Waals surface area contributed by atoms with E-state index in [4.69, 9.17) is 9.47 Å². The van der Waals surface area contributed by atoms with Crippen LogP contribution in [0, 0.1) is 0 Å². The van der Waals surface area contributed by atoms with Gasteiger partial charge in [0.05, 0.1) is 32.0 Å². The summed E-state index contributed by atoms with van der Waals surface area (Å²) in [7, 11) is 3.15. The van der Waals surface area contributed by atoms with Crippen LogP contribution in [0.25, 0.3) is 0 Å². The number of hydrogen-bond donors (Lipinski definition) is 0. The third-order valence-electron chi connectivity index (χ3n) is 3.35. The lowest BCUT2D eigenvalue weighted by molar-refractivity contribution is 0.0996. The number of ether oxygens (including phenoxy) is 2. The standard InChI is InChI=1S/C15H14N2O3/c1-19-13-6-5-10(8-14(13)20-2)17-9-12-11(15(17)18)4-3-7-16-12/h3-8H,9H2,1-2H3. The topological polar surface area (TPSA) is 51.7 Å². The Labute approximate surface area is 116 Å². The molecule has 0 bridgehead atoms. The molecule has 20 heavy (non-hydrogen) atoms. The van der Waals surface area contributed by atoms with Gasteiger partial charge in [0.1, 0.15) is 0 Å². The molecule has 0 atom stereocenters. The summed E-state index contributed by atoms with van der Waals surface area (Å²) in [6, 6.07) is 8.99. The Morgan fingerprint density at radius 3 is 2.65 bits per heavy atom. The quantitative estimate of drug-likeness (QED) is 0.858. The lowest BCUT2D eigenvalue weighted by atomic mass is 10.2. The zero-order valence-electron chi connectivity index (χ0n) is 11.3. The summed E-state index contributed by atoms with van der Waals surface area (Å²) in [4.78, 5) is 18.3. The van der Waals surface area contributed by atoms with Gasteiger partial charge in [0.2, 0.25) is 0 Å². The SMILES string of the molecule is COc1ccc(N2Cc3ncccc3C2=O)cc1OC. The highest BCUT2D eigenvalue weighted by Crippen LogP contribution is 2.34. The highest BCUT2D eigenvalue weighted by molar-refractivity contribution is 6.09. The second-order valence-corrected chi connectivity index (χ2v) is 4.43. The third-order valence-corrected chi connectivity index (χ3v) is 3.35. The second kappa shape index (κ2) is 4.85. The maximum absolute atomic E-state index is 12.4. The van der Waals surface area contributed by atoms with E-state index in [0.717, 1.165) is 11.4 Å². The fraction of sp³-hybridized carbons (Fsp3) is 0.200. The van der Waals surface area contributed by atoms with Crippen LogP contribution in [0.4, 0.5) is 5.69 Å². The normalized spacial score (nSPS) is 13.3. The minimum Gasteiger partial charge on any atom is -0.493 e. The number of fused-ring (bicyclic) bond motifs is 1. The van der Waals surface area contributed by atoms with Crippen LogP contribution in [0.15, 0.2) is 36.5 Å². The predicted octanol–water partition coefficient (Wildman–Crippen LogP) is 2.26. The Morgan fingerprint density at radius 1 is 1.15 bits per heavy atom. The summed E-state index contributed by atoms with van der Waals surface area (Å²) in [6.45, 7) is 0.477. The molecule has 0 unspecified atom stereocenters. The molecule has 0 aliphatic carbocycles. The molecule has 1 amide bonds. The van der Waals surface area contributed by atoms with Gasteiger partial charge >= 0.3 is 0 Å². The van der Waals surface area contributed by atoms with Gasteiger partial charge in [0, 0.05) is 18.0 Å². The van der Waals surface area contributed by atoms with Gasteiger partial charge in [-0.1, -0.05) is 0 Å². The van der Waals surface area contributed by atoms with Crippen molar-refractivity contribution in [3.63, 3.8) is 0 Å². The maximum atomic E-state index is 12.4. The second-order valence-electron chi connectivity index (χ2n) is 4.43. The number of anilines is 1. The van der Waals surface area contributed by atoms with Crippen LogP contribution < -0.4 is 14.4 Å². The van der Waals surface area contributed by atoms with Crippen molar-refractivity contribution in [2.75, 3.05) is 19.1 Å². The number of rotatable bonds is 3. The summed E-state index contributed by atoms with van der Waals surface area (Å²) in [5, 5.41) is 0. The van der Waals surface area contributed by atoms with E-state index in [1.807, 2.05) is 6.07 Å². The molecule has 2 aromatic rings. The first kappa shape index (κ1) is 12.5. The van der Waals surface area contributed by atoms with E-state index in [0.29, 0.717) is 23.6 Å². The molecule has 1 aliphatic heterocycles. The average Bonchev–Trinajstić information content (AvgIpc) is 2.84. The lowest BCUT2D eigenvalue weighted by Gasteiger charge is -2.17. The van der Waals surface area contributed by atoms with E-state index in [2.05, 4.69) is 4.98 Å². The Bertz CT molecular complexity index is 670. The van der Waals surface area contributed by atoms with Gasteiger partial charge in [-0.15, -0.1) is 0 Å². The molecular formula is C15H14N2O3. The molecule has 102 valence electrons. The van der Waals surface area contributed by atoms with Crippen molar-refractivity contribution in [2.24, 2.45) is 0 Å². The molecule has 0 fully saturated rings. The van der Waals surface area contributed by atoms with Gasteiger partial charge in [-0.2, -0.15) is 0 Å². The molecule has 0 radical (unpaired) electrons. The maximum Gasteiger partial charge on any atom is 0.260 e. The highest BCUT2D eigenvalue weighted by atomic mass is 16.5. The van der Waals surface area contributed by atoms with Crippen molar-refractivity contribution in [1.29, 1.82) is 0 Å². The number of hydrogen-bond acceptors (Lipinski definition) is 4. The van der Waals surface area contributed by atoms with Crippen LogP contribution in [-0.4, -0.2) is 25.1 Å². The van der Waals surface area contributed by atoms with E-state index in [-0.39, 0.29) is 5.91 Å². The molecule has 1 aromatic carbocycles. The minimum absolute atomic E-state index is 0.0414. The van der Waals surface area contributed by atoms with Crippen LogP contribution in [0.1, 0.15) is 16.1 Å². The van der Waals surface area contributed by atoms with Gasteiger partial charge in [-0.05, 0) is 24.3 Å². The number of amides is 1. The van der Waals surface area contributed by atoms with Gasteiger partial charge in [-0.25, -0.2) is 0 Å². The summed E-state index contributed by atoms with van der Waals surface area (Å²) < 4.78 is 10.5. The van der Waals surface area contributed by atoms with Crippen LogP contribution in [-0.2, 0) is 6.54 Å². The predicted molar refractivity (Wildman–Crippen MR) is 74.3 cm³/mol. The smallest absolute Gasteiger partial charge is 0.260 e. The number of carbonyl (C=O) groups is 1. The molecular weight excluding hydrogens is 256 g/mol. The minimum atomic E-state index is -0.0414. The van der Waals surface area contributed by atoms with Crippen molar-refractivity contribution in [3.8, 4) is 11.5 Å². The molecule has 5 heteroatoms. The van der Waals surface area contributed by atoms with Crippen LogP contribution in [0.5, 0.6) is 11.5 Å². The summed E-state index contributed by atoms with van der Waals surface area (Å²) in [5.74, 6) is 1.19. The number of aromatic nitrogens is 1. The van der Waals surface area contributed by atoms with Crippen molar-refractivity contribution in [1.82, 2.24) is 4.98 Å². The summed E-state index contributed by atoms with van der Waals surface area (Å²) in [5.41, 5.74) is 2.22. The zero-order valence-corrected chi connectivity index (χ0v) is 11.3. The largest absolute Gasteiger partial charge is 0.493 e. The number of nitrogens with zero attached hydrogens (tertiary/aromatic N) is 2. The van der Waals surface area contributed by atoms with Gasteiger partial charge in [-0.3, -0.25) is 9.78 Å². The molecule has 0 spiro atoms. The van der Waals surface area contributed by atoms with E-state index >= 15 is 0 Å². The Kier molecular flexibility index (Phi) is 3.02. The van der Waals surface area contributed by atoms with E-state index < -0.39 is 0 Å². The van der Waals surface area contributed by atoms with E-state index in [9.17, 15) is 4.79 Å². The molecule has 3 rings (SSSR count). The number of methoxy groups -OCH3 is 2. The third kappa shape index (κ3) is 1.87. The first-order valence-electron chi connectivity index (χ1n) is 6.22. The fourth-order valence-electron chi connectivity index (χ4n) is 2.33. The average molecular weight is 270 g/mol. The summed E-state index contributed by atoms with van der Waals surface area (Å²) in [6.07, 6.45) is 1.70. The monoisotopic (exact) mass is 270 g/mol. The van der Waals surface area contributed by atoms with Crippen LogP contribution in [0.3, 0.4) is 0 Å². The molecule has 5 nitrogen and oxygen atoms in total. The summed E-state index contributed by atoms with van der Waals surface area (Å²) >= 11 is 0. The number of pyridine rings is 1. The Hall–Kier alpha value is -2.56. The van der Waals surface area contributed by atoms with Crippen molar-refractivity contribution in [2.45, 2.75) is 6.54 Å². The van der Waals surface area contributed by atoms with Crippen molar-refractivity contribution < 1.29 is 14.3 Å². The van der Waals surface area contributed by atoms with E-state index in [1.54, 1.807) is 49.6 Å². The Balaban J connectivity index is 1.98. The molecule has 0 saturated carbocycles. The molecule has 2 heterocycles. The van der Waals surface area contributed by atoms with Gasteiger partial charge in [0.25, 0.3) is 5.91 Å². The molecule has 1 aliphatic rings. The van der Waals surface area contributed by atoms with E-state index in [1.165, 1.54) is 0 Å². The molecule has 0 saturated heterocycles. The fourth-order valence-corrected chi connectivity index (χ4v) is 2.33. The lowest BCUT2D eigenvalue weighted by Crippen LogP contribution is -2.22. The first-order valence-corrected chi connectivity index (χ1v) is 6.22. The zero-order chi connectivity index (χ0) is 14.1. The number of carbonyl (C=O) groups excluding carboxylic acids is 1. The van der Waals surface area contributed by atoms with Crippen molar-refractivity contribution >= 4 is 11.6 Å². The van der Waals surface area contributed by atoms with Gasteiger partial charge < -0.3 is 14.4 Å². The molecule has 1 aromatic heterocycles. The Morgan fingerprint density at radius 2 is 1.95 bits per heavy atom. The van der Waals surface area contributed by atoms with Crippen molar-refractivity contribution in [3.05, 3.63) is 47.8 Å². The highest BCUT2D eigenvalue weighted by Gasteiger charge is 2.29. The first-order chi connectivity index (χ1) is 9.74.